The van der Waals surface area contributed by atoms with E-state index in [2.05, 4.69) is 0 Å². The fourth-order valence-electron chi connectivity index (χ4n) is 3.30. The van der Waals surface area contributed by atoms with Crippen LogP contribution in [0.25, 0.3) is 0 Å². The first-order valence-corrected chi connectivity index (χ1v) is 13.1. The van der Waals surface area contributed by atoms with Gasteiger partial charge in [0.05, 0.1) is 18.0 Å². The van der Waals surface area contributed by atoms with Crippen molar-refractivity contribution in [2.24, 2.45) is 0 Å². The maximum atomic E-state index is 13.4. The number of amides is 1. The van der Waals surface area contributed by atoms with Crippen LogP contribution in [0.5, 0.6) is 0 Å². The van der Waals surface area contributed by atoms with E-state index in [0.717, 1.165) is 16.0 Å². The first-order valence-electron chi connectivity index (χ1n) is 10.4. The third-order valence-electron chi connectivity index (χ3n) is 5.23. The van der Waals surface area contributed by atoms with Crippen molar-refractivity contribution in [2.45, 2.75) is 44.8 Å². The Hall–Kier alpha value is -2.26. The highest BCUT2D eigenvalue weighted by Gasteiger charge is 2.31. The van der Waals surface area contributed by atoms with Gasteiger partial charge in [0.25, 0.3) is 0 Å². The Labute approximate surface area is 203 Å². The summed E-state index contributed by atoms with van der Waals surface area (Å²) >= 11 is 7.44. The molecular weight excluding hydrogens is 483 g/mol. The Bertz CT molecular complexity index is 1190. The molecular formula is C24H26ClFN2O3S2. The summed E-state index contributed by atoms with van der Waals surface area (Å²) in [6.45, 7) is 5.70. The Balaban J connectivity index is 1.88. The molecule has 1 amide bonds. The van der Waals surface area contributed by atoms with Crippen LogP contribution in [0.15, 0.2) is 64.9 Å². The quantitative estimate of drug-likeness (QED) is 0.384. The van der Waals surface area contributed by atoms with Gasteiger partial charge in [0.1, 0.15) is 5.82 Å². The van der Waals surface area contributed by atoms with E-state index in [9.17, 15) is 17.6 Å². The molecule has 5 nitrogen and oxygen atoms in total. The second kappa shape index (κ2) is 10.8. The maximum absolute atomic E-state index is 13.4. The molecule has 0 bridgehead atoms. The first-order chi connectivity index (χ1) is 15.6. The van der Waals surface area contributed by atoms with Crippen molar-refractivity contribution in [1.82, 2.24) is 9.21 Å². The molecule has 0 radical (unpaired) electrons. The van der Waals surface area contributed by atoms with Crippen LogP contribution in [0.2, 0.25) is 5.02 Å². The van der Waals surface area contributed by atoms with E-state index in [0.29, 0.717) is 11.6 Å². The summed E-state index contributed by atoms with van der Waals surface area (Å²) in [4.78, 5) is 16.1. The SMILES string of the molecule is Cc1ccsc1CN(Cc1ccc(F)cc1)C(=O)CN(C(C)C)S(=O)(=O)c1ccc(Cl)cc1. The first kappa shape index (κ1) is 25.4. The van der Waals surface area contributed by atoms with Crippen molar-refractivity contribution in [3.8, 4) is 0 Å². The minimum Gasteiger partial charge on any atom is -0.332 e. The molecule has 0 aliphatic carbocycles. The molecule has 2 aromatic carbocycles. The Morgan fingerprint density at radius 2 is 1.67 bits per heavy atom. The minimum atomic E-state index is -3.91. The topological polar surface area (TPSA) is 57.7 Å². The van der Waals surface area contributed by atoms with Crippen molar-refractivity contribution >= 4 is 38.9 Å². The number of hydrogen-bond donors (Lipinski definition) is 0. The highest BCUT2D eigenvalue weighted by molar-refractivity contribution is 7.89. The van der Waals surface area contributed by atoms with E-state index >= 15 is 0 Å². The smallest absolute Gasteiger partial charge is 0.243 e. The zero-order chi connectivity index (χ0) is 24.2. The molecule has 0 spiro atoms. The number of carbonyl (C=O) groups is 1. The van der Waals surface area contributed by atoms with E-state index in [1.807, 2.05) is 18.4 Å². The van der Waals surface area contributed by atoms with Crippen LogP contribution in [-0.2, 0) is 27.9 Å². The third kappa shape index (κ3) is 6.41. The van der Waals surface area contributed by atoms with Gasteiger partial charge in [-0.05, 0) is 79.7 Å². The summed E-state index contributed by atoms with van der Waals surface area (Å²) in [5.74, 6) is -0.691. The number of nitrogens with zero attached hydrogens (tertiary/aromatic N) is 2. The molecule has 0 fully saturated rings. The van der Waals surface area contributed by atoms with Crippen molar-refractivity contribution in [3.63, 3.8) is 0 Å². The Morgan fingerprint density at radius 3 is 2.21 bits per heavy atom. The fourth-order valence-corrected chi connectivity index (χ4v) is 5.94. The Kier molecular flexibility index (Phi) is 8.28. The monoisotopic (exact) mass is 508 g/mol. The molecule has 1 heterocycles. The van der Waals surface area contributed by atoms with E-state index < -0.39 is 16.1 Å². The van der Waals surface area contributed by atoms with Crippen molar-refractivity contribution in [1.29, 1.82) is 0 Å². The van der Waals surface area contributed by atoms with Gasteiger partial charge in [-0.1, -0.05) is 23.7 Å². The lowest BCUT2D eigenvalue weighted by atomic mass is 10.2. The lowest BCUT2D eigenvalue weighted by molar-refractivity contribution is -0.132. The van der Waals surface area contributed by atoms with Crippen molar-refractivity contribution in [3.05, 3.63) is 86.8 Å². The fraction of sp³-hybridized carbons (Fsp3) is 0.292. The summed E-state index contributed by atoms with van der Waals surface area (Å²) in [6, 6.07) is 13.4. The van der Waals surface area contributed by atoms with Crippen molar-refractivity contribution in [2.75, 3.05) is 6.54 Å². The highest BCUT2D eigenvalue weighted by atomic mass is 35.5. The summed E-state index contributed by atoms with van der Waals surface area (Å²) in [6.07, 6.45) is 0. The molecule has 176 valence electrons. The molecule has 0 saturated heterocycles. The number of rotatable bonds is 9. The molecule has 0 unspecified atom stereocenters. The Morgan fingerprint density at radius 1 is 1.03 bits per heavy atom. The van der Waals surface area contributed by atoms with Gasteiger partial charge in [-0.15, -0.1) is 11.3 Å². The number of sulfonamides is 1. The summed E-state index contributed by atoms with van der Waals surface area (Å²) < 4.78 is 41.1. The van der Waals surface area contributed by atoms with Crippen LogP contribution in [0, 0.1) is 12.7 Å². The van der Waals surface area contributed by atoms with Gasteiger partial charge < -0.3 is 4.90 Å². The summed E-state index contributed by atoms with van der Waals surface area (Å²) in [5.41, 5.74) is 1.82. The average Bonchev–Trinajstić information content (AvgIpc) is 3.17. The lowest BCUT2D eigenvalue weighted by Crippen LogP contribution is -2.45. The lowest BCUT2D eigenvalue weighted by Gasteiger charge is -2.29. The third-order valence-corrected chi connectivity index (χ3v) is 8.53. The maximum Gasteiger partial charge on any atom is 0.243 e. The zero-order valence-corrected chi connectivity index (χ0v) is 21.1. The number of benzene rings is 2. The van der Waals surface area contributed by atoms with E-state index in [4.69, 9.17) is 11.6 Å². The largest absolute Gasteiger partial charge is 0.332 e. The number of thiophene rings is 1. The van der Waals surface area contributed by atoms with Gasteiger partial charge in [0.2, 0.25) is 15.9 Å². The number of hydrogen-bond acceptors (Lipinski definition) is 4. The molecule has 0 aliphatic heterocycles. The average molecular weight is 509 g/mol. The molecule has 0 aliphatic rings. The molecule has 3 aromatic rings. The van der Waals surface area contributed by atoms with Gasteiger partial charge >= 0.3 is 0 Å². The van der Waals surface area contributed by atoms with Crippen LogP contribution < -0.4 is 0 Å². The van der Waals surface area contributed by atoms with Gasteiger partial charge in [-0.3, -0.25) is 4.79 Å². The summed E-state index contributed by atoms with van der Waals surface area (Å²) in [5, 5.41) is 2.38. The molecule has 1 aromatic heterocycles. The van der Waals surface area contributed by atoms with Crippen LogP contribution >= 0.6 is 22.9 Å². The van der Waals surface area contributed by atoms with Crippen LogP contribution in [0.4, 0.5) is 4.39 Å². The standard InChI is InChI=1S/C24H26ClFN2O3S2/c1-17(2)28(33(30,31)22-10-6-20(25)7-11-22)16-24(29)27(15-23-18(3)12-13-32-23)14-19-4-8-21(26)9-5-19/h4-13,17H,14-16H2,1-3H3. The van der Waals surface area contributed by atoms with E-state index in [1.54, 1.807) is 30.9 Å². The van der Waals surface area contributed by atoms with Gasteiger partial charge in [0.15, 0.2) is 0 Å². The van der Waals surface area contributed by atoms with Gasteiger partial charge in [0, 0.05) is 22.5 Å². The van der Waals surface area contributed by atoms with E-state index in [1.165, 1.54) is 52.0 Å². The highest BCUT2D eigenvalue weighted by Crippen LogP contribution is 2.23. The van der Waals surface area contributed by atoms with Crippen LogP contribution in [-0.4, -0.2) is 36.1 Å². The molecule has 33 heavy (non-hydrogen) atoms. The normalized spacial score (nSPS) is 11.8. The van der Waals surface area contributed by atoms with E-state index in [-0.39, 0.29) is 29.7 Å². The predicted octanol–water partition coefficient (Wildman–Crippen LogP) is 5.48. The summed E-state index contributed by atoms with van der Waals surface area (Å²) in [7, 11) is -3.91. The van der Waals surface area contributed by atoms with Crippen LogP contribution in [0.1, 0.15) is 29.9 Å². The second-order valence-corrected chi connectivity index (χ2v) is 11.3. The van der Waals surface area contributed by atoms with Crippen LogP contribution in [0.3, 0.4) is 0 Å². The molecule has 0 atom stereocenters. The van der Waals surface area contributed by atoms with Gasteiger partial charge in [-0.25, -0.2) is 12.8 Å². The molecule has 3 rings (SSSR count). The number of halogens is 2. The number of aryl methyl sites for hydroxylation is 1. The zero-order valence-electron chi connectivity index (χ0n) is 18.7. The molecule has 9 heteroatoms. The molecule has 0 N–H and O–H groups in total. The van der Waals surface area contributed by atoms with Gasteiger partial charge in [-0.2, -0.15) is 4.31 Å². The minimum absolute atomic E-state index is 0.0765. The predicted molar refractivity (Wildman–Crippen MR) is 130 cm³/mol. The second-order valence-electron chi connectivity index (χ2n) is 8.00. The van der Waals surface area contributed by atoms with Crippen molar-refractivity contribution < 1.29 is 17.6 Å². The number of carbonyl (C=O) groups excluding carboxylic acids is 1. The molecule has 0 saturated carbocycles.